The van der Waals surface area contributed by atoms with E-state index >= 15 is 0 Å². The van der Waals surface area contributed by atoms with Crippen LogP contribution in [0.1, 0.15) is 16.9 Å². The lowest BCUT2D eigenvalue weighted by Gasteiger charge is -2.12. The molecule has 0 saturated carbocycles. The zero-order valence-corrected chi connectivity index (χ0v) is 12.3. The first-order valence-corrected chi connectivity index (χ1v) is 7.71. The van der Waals surface area contributed by atoms with E-state index in [0.717, 1.165) is 24.3 Å². The Morgan fingerprint density at radius 2 is 2.19 bits per heavy atom. The molecule has 1 aromatic heterocycles. The third kappa shape index (κ3) is 3.66. The highest BCUT2D eigenvalue weighted by molar-refractivity contribution is 7.15. The average Bonchev–Trinajstić information content (AvgIpc) is 2.96. The maximum Gasteiger partial charge on any atom is 0.292 e. The van der Waals surface area contributed by atoms with Gasteiger partial charge in [0.15, 0.2) is 11.0 Å². The number of anilines is 1. The van der Waals surface area contributed by atoms with Crippen molar-refractivity contribution >= 4 is 28.2 Å². The van der Waals surface area contributed by atoms with E-state index in [1.54, 1.807) is 0 Å². The van der Waals surface area contributed by atoms with E-state index in [4.69, 9.17) is 0 Å². The summed E-state index contributed by atoms with van der Waals surface area (Å²) in [4.78, 5) is 21.5. The van der Waals surface area contributed by atoms with Crippen LogP contribution in [0.5, 0.6) is 0 Å². The smallest absolute Gasteiger partial charge is 0.292 e. The molecule has 1 aliphatic heterocycles. The fourth-order valence-electron chi connectivity index (χ4n) is 2.09. The van der Waals surface area contributed by atoms with Crippen LogP contribution in [0.15, 0.2) is 41.5 Å². The number of thiazole rings is 1. The van der Waals surface area contributed by atoms with Gasteiger partial charge in [0.2, 0.25) is 0 Å². The van der Waals surface area contributed by atoms with Crippen LogP contribution in [-0.4, -0.2) is 29.8 Å². The third-order valence-corrected chi connectivity index (χ3v) is 4.02. The minimum Gasteiger partial charge on any atom is -0.366 e. The number of amides is 1. The molecule has 2 N–H and O–H groups in total. The summed E-state index contributed by atoms with van der Waals surface area (Å²) in [5.41, 5.74) is 1.23. The van der Waals surface area contributed by atoms with Crippen molar-refractivity contribution in [1.29, 1.82) is 0 Å². The number of amidine groups is 1. The summed E-state index contributed by atoms with van der Waals surface area (Å²) in [6.07, 6.45) is 3.60. The fraction of sp³-hybridized carbons (Fsp3) is 0.267. The van der Waals surface area contributed by atoms with Crippen LogP contribution in [-0.2, 0) is 11.2 Å². The molecular formula is C15H16N4OS. The number of aliphatic imine (C=N–C) groups is 1. The largest absolute Gasteiger partial charge is 0.366 e. The van der Waals surface area contributed by atoms with Gasteiger partial charge in [-0.05, 0) is 12.0 Å². The first kappa shape index (κ1) is 13.8. The number of rotatable bonds is 4. The number of aromatic nitrogens is 1. The Hall–Kier alpha value is -2.21. The molecule has 2 aromatic rings. The monoisotopic (exact) mass is 300 g/mol. The minimum atomic E-state index is -0.213. The van der Waals surface area contributed by atoms with E-state index < -0.39 is 0 Å². The molecule has 0 fully saturated rings. The van der Waals surface area contributed by atoms with Crippen LogP contribution in [0.25, 0.3) is 0 Å². The molecule has 0 radical (unpaired) electrons. The van der Waals surface area contributed by atoms with Crippen molar-refractivity contribution in [2.45, 2.75) is 12.8 Å². The summed E-state index contributed by atoms with van der Waals surface area (Å²) < 4.78 is 0. The zero-order valence-electron chi connectivity index (χ0n) is 11.5. The fourth-order valence-corrected chi connectivity index (χ4v) is 2.93. The van der Waals surface area contributed by atoms with E-state index in [0.29, 0.717) is 17.5 Å². The van der Waals surface area contributed by atoms with Crippen molar-refractivity contribution in [3.63, 3.8) is 0 Å². The maximum atomic E-state index is 12.0. The summed E-state index contributed by atoms with van der Waals surface area (Å²) in [5.74, 6) is 0.191. The molecule has 0 aliphatic carbocycles. The highest BCUT2D eigenvalue weighted by Gasteiger charge is 2.15. The standard InChI is InChI=1S/C15H16N4OS/c20-14(13-16-7-4-8-17-13)19-15-18-10-12(21-15)9-11-5-2-1-3-6-11/h1-3,5-6,10H,4,7-9H2,(H,16,17)(H,18,19,20). The predicted octanol–water partition coefficient (Wildman–Crippen LogP) is 2.06. The number of hydrogen-bond donors (Lipinski definition) is 2. The van der Waals surface area contributed by atoms with E-state index in [-0.39, 0.29) is 5.91 Å². The third-order valence-electron chi connectivity index (χ3n) is 3.11. The van der Waals surface area contributed by atoms with Crippen LogP contribution in [0.3, 0.4) is 0 Å². The van der Waals surface area contributed by atoms with Crippen LogP contribution in [0.4, 0.5) is 5.13 Å². The first-order chi connectivity index (χ1) is 10.3. The summed E-state index contributed by atoms with van der Waals surface area (Å²) in [6.45, 7) is 1.50. The average molecular weight is 300 g/mol. The molecule has 1 aliphatic rings. The predicted molar refractivity (Wildman–Crippen MR) is 84.9 cm³/mol. The highest BCUT2D eigenvalue weighted by atomic mass is 32.1. The second-order valence-corrected chi connectivity index (χ2v) is 5.87. The molecular weight excluding hydrogens is 284 g/mol. The lowest BCUT2D eigenvalue weighted by atomic mass is 10.1. The molecule has 3 rings (SSSR count). The SMILES string of the molecule is O=C(Nc1ncc(Cc2ccccc2)s1)C1=NCCCN1. The first-order valence-electron chi connectivity index (χ1n) is 6.89. The maximum absolute atomic E-state index is 12.0. The van der Waals surface area contributed by atoms with Crippen LogP contribution < -0.4 is 10.6 Å². The second kappa shape index (κ2) is 6.49. The van der Waals surface area contributed by atoms with Gasteiger partial charge in [0.25, 0.3) is 5.91 Å². The Balaban J connectivity index is 1.62. The Labute approximate surface area is 127 Å². The number of nitrogens with one attached hydrogen (secondary N) is 2. The van der Waals surface area contributed by atoms with Crippen LogP contribution in [0, 0.1) is 0 Å². The number of carbonyl (C=O) groups excluding carboxylic acids is 1. The molecule has 1 amide bonds. The van der Waals surface area contributed by atoms with Gasteiger partial charge < -0.3 is 5.32 Å². The van der Waals surface area contributed by atoms with Crippen LogP contribution >= 0.6 is 11.3 Å². The van der Waals surface area contributed by atoms with Gasteiger partial charge in [0, 0.05) is 30.6 Å². The number of benzene rings is 1. The molecule has 108 valence electrons. The van der Waals surface area contributed by atoms with Gasteiger partial charge in [-0.15, -0.1) is 11.3 Å². The van der Waals surface area contributed by atoms with Gasteiger partial charge in [-0.25, -0.2) is 4.98 Å². The summed E-state index contributed by atoms with van der Waals surface area (Å²) >= 11 is 1.49. The van der Waals surface area contributed by atoms with Crippen molar-refractivity contribution < 1.29 is 4.79 Å². The van der Waals surface area contributed by atoms with E-state index in [1.165, 1.54) is 16.9 Å². The van der Waals surface area contributed by atoms with E-state index in [2.05, 4.69) is 32.7 Å². The van der Waals surface area contributed by atoms with Gasteiger partial charge >= 0.3 is 0 Å². The van der Waals surface area contributed by atoms with Gasteiger partial charge in [-0.2, -0.15) is 0 Å². The molecule has 0 atom stereocenters. The zero-order chi connectivity index (χ0) is 14.5. The molecule has 0 unspecified atom stereocenters. The topological polar surface area (TPSA) is 66.4 Å². The van der Waals surface area contributed by atoms with Crippen molar-refractivity contribution in [2.24, 2.45) is 4.99 Å². The van der Waals surface area contributed by atoms with Crippen molar-refractivity contribution in [1.82, 2.24) is 10.3 Å². The van der Waals surface area contributed by atoms with Gasteiger partial charge in [0.1, 0.15) is 0 Å². The summed E-state index contributed by atoms with van der Waals surface area (Å²) in [7, 11) is 0. The molecule has 6 heteroatoms. The lowest BCUT2D eigenvalue weighted by Crippen LogP contribution is -2.39. The van der Waals surface area contributed by atoms with E-state index in [9.17, 15) is 4.79 Å². The van der Waals surface area contributed by atoms with Crippen molar-refractivity contribution in [2.75, 3.05) is 18.4 Å². The number of carbonyl (C=O) groups is 1. The lowest BCUT2D eigenvalue weighted by molar-refractivity contribution is -0.110. The molecule has 1 aromatic carbocycles. The van der Waals surface area contributed by atoms with Crippen molar-refractivity contribution in [3.05, 3.63) is 47.0 Å². The molecule has 0 saturated heterocycles. The highest BCUT2D eigenvalue weighted by Crippen LogP contribution is 2.21. The van der Waals surface area contributed by atoms with Gasteiger partial charge in [0.05, 0.1) is 0 Å². The van der Waals surface area contributed by atoms with Crippen molar-refractivity contribution in [3.8, 4) is 0 Å². The van der Waals surface area contributed by atoms with Gasteiger partial charge in [-0.1, -0.05) is 30.3 Å². The minimum absolute atomic E-state index is 0.213. The molecule has 0 spiro atoms. The summed E-state index contributed by atoms with van der Waals surface area (Å²) in [5, 5.41) is 6.41. The molecule has 2 heterocycles. The quantitative estimate of drug-likeness (QED) is 0.908. The Morgan fingerprint density at radius 3 is 2.95 bits per heavy atom. The molecule has 0 bridgehead atoms. The summed E-state index contributed by atoms with van der Waals surface area (Å²) in [6, 6.07) is 10.2. The Bertz CT molecular complexity index is 651. The molecule has 21 heavy (non-hydrogen) atoms. The Kier molecular flexibility index (Phi) is 4.25. The second-order valence-electron chi connectivity index (χ2n) is 4.76. The number of hydrogen-bond acceptors (Lipinski definition) is 5. The number of nitrogens with zero attached hydrogens (tertiary/aromatic N) is 2. The van der Waals surface area contributed by atoms with E-state index in [1.807, 2.05) is 24.4 Å². The van der Waals surface area contributed by atoms with Crippen LogP contribution in [0.2, 0.25) is 0 Å². The normalized spacial score (nSPS) is 14.2. The molecule has 5 nitrogen and oxygen atoms in total. The van der Waals surface area contributed by atoms with Gasteiger partial charge in [-0.3, -0.25) is 15.1 Å². The Morgan fingerprint density at radius 1 is 1.33 bits per heavy atom.